The third-order valence-electron chi connectivity index (χ3n) is 4.61. The molecule has 1 saturated heterocycles. The number of hydrogen-bond donors (Lipinski definition) is 0. The number of methoxy groups -OCH3 is 1. The molecule has 0 aromatic heterocycles. The molecule has 2 rings (SSSR count). The van der Waals surface area contributed by atoms with Crippen LogP contribution in [0.4, 0.5) is 4.79 Å². The molecular formula is C20H29NO4. The Morgan fingerprint density at radius 1 is 1.16 bits per heavy atom. The van der Waals surface area contributed by atoms with Gasteiger partial charge in [0.25, 0.3) is 0 Å². The van der Waals surface area contributed by atoms with Crippen LogP contribution in [0.3, 0.4) is 0 Å². The molecule has 138 valence electrons. The van der Waals surface area contributed by atoms with E-state index in [1.165, 1.54) is 7.11 Å². The Balaban J connectivity index is 2.47. The van der Waals surface area contributed by atoms with Gasteiger partial charge in [-0.3, -0.25) is 4.90 Å². The summed E-state index contributed by atoms with van der Waals surface area (Å²) in [5.74, 6) is 0.0683. The van der Waals surface area contributed by atoms with Crippen molar-refractivity contribution >= 4 is 12.1 Å². The average Bonchev–Trinajstić information content (AvgIpc) is 2.94. The van der Waals surface area contributed by atoms with E-state index in [2.05, 4.69) is 13.8 Å². The van der Waals surface area contributed by atoms with Gasteiger partial charge in [-0.1, -0.05) is 44.2 Å². The van der Waals surface area contributed by atoms with Crippen molar-refractivity contribution in [1.29, 1.82) is 0 Å². The molecule has 0 aliphatic carbocycles. The Kier molecular flexibility index (Phi) is 5.76. The zero-order valence-corrected chi connectivity index (χ0v) is 16.0. The molecule has 0 saturated carbocycles. The molecule has 1 aromatic carbocycles. The molecule has 25 heavy (non-hydrogen) atoms. The Morgan fingerprint density at radius 2 is 1.76 bits per heavy atom. The molecule has 1 aliphatic rings. The summed E-state index contributed by atoms with van der Waals surface area (Å²) < 4.78 is 10.6. The van der Waals surface area contributed by atoms with E-state index >= 15 is 0 Å². The van der Waals surface area contributed by atoms with Crippen LogP contribution in [0.1, 0.15) is 52.6 Å². The number of rotatable bonds is 3. The highest BCUT2D eigenvalue weighted by molar-refractivity contribution is 5.82. The van der Waals surface area contributed by atoms with Crippen LogP contribution >= 0.6 is 0 Å². The lowest BCUT2D eigenvalue weighted by molar-refractivity contribution is -0.146. The van der Waals surface area contributed by atoms with Gasteiger partial charge in [-0.25, -0.2) is 9.59 Å². The lowest BCUT2D eigenvalue weighted by atomic mass is 9.84. The molecule has 1 amide bonds. The van der Waals surface area contributed by atoms with E-state index in [1.807, 2.05) is 51.1 Å². The van der Waals surface area contributed by atoms with E-state index in [4.69, 9.17) is 9.47 Å². The van der Waals surface area contributed by atoms with Gasteiger partial charge >= 0.3 is 12.1 Å². The summed E-state index contributed by atoms with van der Waals surface area (Å²) in [4.78, 5) is 26.9. The van der Waals surface area contributed by atoms with Gasteiger partial charge in [-0.05, 0) is 44.6 Å². The van der Waals surface area contributed by atoms with E-state index in [1.54, 1.807) is 4.90 Å². The first kappa shape index (κ1) is 19.3. The molecule has 1 aliphatic heterocycles. The monoisotopic (exact) mass is 347 g/mol. The molecule has 0 N–H and O–H groups in total. The Bertz CT molecular complexity index is 606. The van der Waals surface area contributed by atoms with Crippen molar-refractivity contribution in [1.82, 2.24) is 4.90 Å². The number of nitrogens with zero attached hydrogens (tertiary/aromatic N) is 1. The fraction of sp³-hybridized carbons (Fsp3) is 0.600. The second-order valence-electron chi connectivity index (χ2n) is 7.93. The van der Waals surface area contributed by atoms with Crippen LogP contribution in [0.25, 0.3) is 0 Å². The predicted octanol–water partition coefficient (Wildman–Crippen LogP) is 4.18. The molecule has 0 spiro atoms. The fourth-order valence-corrected chi connectivity index (χ4v) is 3.50. The summed E-state index contributed by atoms with van der Waals surface area (Å²) in [5.41, 5.74) is 0.382. The van der Waals surface area contributed by atoms with E-state index in [0.29, 0.717) is 12.3 Å². The average molecular weight is 347 g/mol. The molecule has 0 bridgehead atoms. The van der Waals surface area contributed by atoms with Crippen molar-refractivity contribution in [3.63, 3.8) is 0 Å². The van der Waals surface area contributed by atoms with Gasteiger partial charge in [0.2, 0.25) is 0 Å². The largest absolute Gasteiger partial charge is 0.467 e. The molecule has 3 atom stereocenters. The van der Waals surface area contributed by atoms with Gasteiger partial charge in [0.15, 0.2) is 0 Å². The van der Waals surface area contributed by atoms with Crippen molar-refractivity contribution in [2.24, 2.45) is 11.8 Å². The van der Waals surface area contributed by atoms with Crippen LogP contribution < -0.4 is 0 Å². The van der Waals surface area contributed by atoms with Gasteiger partial charge < -0.3 is 9.47 Å². The number of esters is 1. The molecular weight excluding hydrogens is 318 g/mol. The number of hydrogen-bond acceptors (Lipinski definition) is 4. The lowest BCUT2D eigenvalue weighted by Crippen LogP contribution is -2.45. The lowest BCUT2D eigenvalue weighted by Gasteiger charge is -2.33. The molecule has 1 heterocycles. The van der Waals surface area contributed by atoms with Gasteiger partial charge in [-0.2, -0.15) is 0 Å². The normalized spacial score (nSPS) is 23.6. The maximum Gasteiger partial charge on any atom is 0.411 e. The predicted molar refractivity (Wildman–Crippen MR) is 96.0 cm³/mol. The van der Waals surface area contributed by atoms with E-state index in [-0.39, 0.29) is 12.0 Å². The quantitative estimate of drug-likeness (QED) is 0.770. The summed E-state index contributed by atoms with van der Waals surface area (Å²) in [7, 11) is 1.36. The second kappa shape index (κ2) is 7.46. The number of ether oxygens (including phenoxy) is 2. The van der Waals surface area contributed by atoms with Crippen LogP contribution in [0, 0.1) is 11.8 Å². The maximum atomic E-state index is 12.9. The summed E-state index contributed by atoms with van der Waals surface area (Å²) in [6.45, 7) is 9.71. The highest BCUT2D eigenvalue weighted by atomic mass is 16.6. The fourth-order valence-electron chi connectivity index (χ4n) is 3.50. The highest BCUT2D eigenvalue weighted by Gasteiger charge is 2.50. The summed E-state index contributed by atoms with van der Waals surface area (Å²) in [6, 6.07) is 9.00. The second-order valence-corrected chi connectivity index (χ2v) is 7.93. The van der Waals surface area contributed by atoms with E-state index in [9.17, 15) is 9.59 Å². The highest BCUT2D eigenvalue weighted by Crippen LogP contribution is 2.45. The zero-order valence-electron chi connectivity index (χ0n) is 16.0. The maximum absolute atomic E-state index is 12.9. The van der Waals surface area contributed by atoms with Gasteiger partial charge in [0.05, 0.1) is 13.2 Å². The topological polar surface area (TPSA) is 55.8 Å². The number of likely N-dealkylation sites (tertiary alicyclic amines) is 1. The van der Waals surface area contributed by atoms with Gasteiger partial charge in [0.1, 0.15) is 11.6 Å². The van der Waals surface area contributed by atoms with Crippen LogP contribution in [0.15, 0.2) is 30.3 Å². The minimum absolute atomic E-state index is 0.152. The SMILES string of the molecule is COC(=O)[C@@H]1C[C@@H](C(C)C)[C@@H](c2ccccc2)N1C(=O)OC(C)(C)C. The van der Waals surface area contributed by atoms with Crippen molar-refractivity contribution in [2.75, 3.05) is 7.11 Å². The van der Waals surface area contributed by atoms with Crippen molar-refractivity contribution in [2.45, 2.75) is 58.7 Å². The molecule has 0 radical (unpaired) electrons. The summed E-state index contributed by atoms with van der Waals surface area (Å²) in [6.07, 6.45) is 0.100. The van der Waals surface area contributed by atoms with Crippen LogP contribution in [0.2, 0.25) is 0 Å². The summed E-state index contributed by atoms with van der Waals surface area (Å²) in [5, 5.41) is 0. The number of carbonyl (C=O) groups excluding carboxylic acids is 2. The van der Waals surface area contributed by atoms with Gasteiger partial charge in [0, 0.05) is 0 Å². The minimum atomic E-state index is -0.630. The molecule has 0 unspecified atom stereocenters. The van der Waals surface area contributed by atoms with Crippen molar-refractivity contribution < 1.29 is 19.1 Å². The smallest absolute Gasteiger partial charge is 0.411 e. The molecule has 5 nitrogen and oxygen atoms in total. The standard InChI is InChI=1S/C20H29NO4/c1-13(2)15-12-16(18(22)24-6)21(19(23)25-20(3,4)5)17(15)14-10-8-7-9-11-14/h7-11,13,15-17H,12H2,1-6H3/t15-,16-,17+/m0/s1. The summed E-state index contributed by atoms with van der Waals surface area (Å²) >= 11 is 0. The minimum Gasteiger partial charge on any atom is -0.467 e. The first-order valence-corrected chi connectivity index (χ1v) is 8.79. The van der Waals surface area contributed by atoms with Crippen LogP contribution in [-0.4, -0.2) is 35.7 Å². The third-order valence-corrected chi connectivity index (χ3v) is 4.61. The number of benzene rings is 1. The van der Waals surface area contributed by atoms with Crippen LogP contribution in [-0.2, 0) is 14.3 Å². The van der Waals surface area contributed by atoms with Crippen molar-refractivity contribution in [3.8, 4) is 0 Å². The van der Waals surface area contributed by atoms with E-state index < -0.39 is 23.7 Å². The number of amides is 1. The van der Waals surface area contributed by atoms with Crippen molar-refractivity contribution in [3.05, 3.63) is 35.9 Å². The Morgan fingerprint density at radius 3 is 2.24 bits per heavy atom. The first-order chi connectivity index (χ1) is 11.7. The zero-order chi connectivity index (χ0) is 18.8. The number of carbonyl (C=O) groups is 2. The van der Waals surface area contributed by atoms with E-state index in [0.717, 1.165) is 5.56 Å². The molecule has 1 aromatic rings. The van der Waals surface area contributed by atoms with Gasteiger partial charge in [-0.15, -0.1) is 0 Å². The third kappa shape index (κ3) is 4.33. The Labute approximate surface area is 150 Å². The van der Waals surface area contributed by atoms with Crippen LogP contribution in [0.5, 0.6) is 0 Å². The molecule has 5 heteroatoms. The molecule has 1 fully saturated rings. The first-order valence-electron chi connectivity index (χ1n) is 8.79. The Hall–Kier alpha value is -2.04.